The maximum Gasteiger partial charge on any atom is 0.408 e. The summed E-state index contributed by atoms with van der Waals surface area (Å²) in [4.78, 5) is 13.1. The largest absolute Gasteiger partial charge is 0.454 e. The van der Waals surface area contributed by atoms with Gasteiger partial charge in [0.2, 0.25) is 0 Å². The van der Waals surface area contributed by atoms with Crippen LogP contribution in [0.3, 0.4) is 0 Å². The number of nitrogens with zero attached hydrogens (tertiary/aromatic N) is 2. The van der Waals surface area contributed by atoms with E-state index < -0.39 is 23.2 Å². The Morgan fingerprint density at radius 1 is 1.25 bits per heavy atom. The molecule has 2 saturated heterocycles. The number of hydrogen-bond acceptors (Lipinski definition) is 4. The van der Waals surface area contributed by atoms with Crippen LogP contribution in [0.1, 0.15) is 31.7 Å². The summed E-state index contributed by atoms with van der Waals surface area (Å²) in [5, 5.41) is 0. The van der Waals surface area contributed by atoms with E-state index in [0.29, 0.717) is 21.5 Å². The van der Waals surface area contributed by atoms with E-state index >= 15 is 0 Å². The Morgan fingerprint density at radius 3 is 2.43 bits per heavy atom. The van der Waals surface area contributed by atoms with Crippen molar-refractivity contribution in [3.8, 4) is 0 Å². The van der Waals surface area contributed by atoms with Crippen molar-refractivity contribution < 1.29 is 22.7 Å². The number of ether oxygens (including phenoxy) is 1. The van der Waals surface area contributed by atoms with Crippen molar-refractivity contribution in [1.29, 1.82) is 0 Å². The van der Waals surface area contributed by atoms with Crippen LogP contribution in [0.25, 0.3) is 0 Å². The molecule has 0 aliphatic carbocycles. The predicted octanol–water partition coefficient (Wildman–Crippen LogP) is 4.13. The molecule has 2 heterocycles. The van der Waals surface area contributed by atoms with E-state index in [1.54, 1.807) is 6.07 Å². The molecule has 5 atom stereocenters. The number of hydrogen-bond donors (Lipinski definition) is 0. The van der Waals surface area contributed by atoms with E-state index in [1.165, 1.54) is 24.3 Å². The number of rotatable bonds is 5. The summed E-state index contributed by atoms with van der Waals surface area (Å²) in [5.41, 5.74) is -3.71. The Hall–Kier alpha value is -0.310. The molecule has 4 nitrogen and oxygen atoms in total. The van der Waals surface area contributed by atoms with Crippen LogP contribution in [-0.4, -0.2) is 52.8 Å². The van der Waals surface area contributed by atoms with Gasteiger partial charge >= 0.3 is 12.1 Å². The molecule has 0 saturated carbocycles. The van der Waals surface area contributed by atoms with Gasteiger partial charge < -0.3 is 4.74 Å². The van der Waals surface area contributed by atoms with Gasteiger partial charge in [-0.15, -0.1) is 0 Å². The summed E-state index contributed by atoms with van der Waals surface area (Å²) in [7, 11) is 5.70. The van der Waals surface area contributed by atoms with Crippen LogP contribution in [0.5, 0.6) is 0 Å². The van der Waals surface area contributed by atoms with Gasteiger partial charge in [0.05, 0.1) is 6.04 Å². The van der Waals surface area contributed by atoms with Crippen LogP contribution in [0.2, 0.25) is 0 Å². The smallest absolute Gasteiger partial charge is 0.408 e. The van der Waals surface area contributed by atoms with Crippen molar-refractivity contribution in [3.63, 3.8) is 0 Å². The molecule has 2 aliphatic heterocycles. The van der Waals surface area contributed by atoms with Crippen molar-refractivity contribution in [3.05, 3.63) is 35.9 Å². The first kappa shape index (κ1) is 22.4. The summed E-state index contributed by atoms with van der Waals surface area (Å²) in [6, 6.07) is 7.25. The third kappa shape index (κ3) is 3.98. The predicted molar refractivity (Wildman–Crippen MR) is 112 cm³/mol. The van der Waals surface area contributed by atoms with Crippen molar-refractivity contribution in [2.24, 2.45) is 0 Å². The number of carbonyl (C=O) groups excluding carboxylic acids is 1. The van der Waals surface area contributed by atoms with Gasteiger partial charge in [-0.1, -0.05) is 55.1 Å². The highest BCUT2D eigenvalue weighted by Crippen LogP contribution is 2.47. The zero-order chi connectivity index (χ0) is 20.6. The van der Waals surface area contributed by atoms with Gasteiger partial charge in [-0.2, -0.15) is 13.2 Å². The molecule has 0 bridgehead atoms. The Bertz CT molecular complexity index is 701. The molecule has 3 rings (SSSR count). The second-order valence-corrected chi connectivity index (χ2v) is 10.0. The minimum absolute atomic E-state index is 0.0638. The maximum absolute atomic E-state index is 14.1. The molecule has 2 fully saturated rings. The molecule has 0 N–H and O–H groups in total. The summed E-state index contributed by atoms with van der Waals surface area (Å²) in [5.74, 6) is -1.22. The van der Waals surface area contributed by atoms with Crippen LogP contribution in [0.15, 0.2) is 30.3 Å². The Balaban J connectivity index is 1.93. The van der Waals surface area contributed by atoms with Gasteiger partial charge in [-0.25, -0.2) is 0 Å². The second-order valence-electron chi connectivity index (χ2n) is 7.68. The van der Waals surface area contributed by atoms with Crippen molar-refractivity contribution in [2.45, 2.75) is 49.4 Å². The summed E-state index contributed by atoms with van der Waals surface area (Å²) in [6.07, 6.45) is -1.90. The fourth-order valence-electron chi connectivity index (χ4n) is 4.07. The third-order valence-corrected chi connectivity index (χ3v) is 8.07. The van der Waals surface area contributed by atoms with E-state index in [2.05, 4.69) is 23.0 Å². The molecule has 0 radical (unpaired) electrons. The first-order valence-electron chi connectivity index (χ1n) is 9.22. The molecular weight excluding hydrogens is 426 g/mol. The normalized spacial score (nSPS) is 26.0. The molecule has 10 heteroatoms. The average Bonchev–Trinajstić information content (AvgIpc) is 2.65. The molecule has 2 aliphatic rings. The summed E-state index contributed by atoms with van der Waals surface area (Å²) >= 11 is 0. The number of esters is 1. The Kier molecular flexibility index (Phi) is 6.74. The minimum atomic E-state index is -4.76. The van der Waals surface area contributed by atoms with Crippen LogP contribution in [0, 0.1) is 0 Å². The number of benzene rings is 1. The number of piperidine rings is 1. The summed E-state index contributed by atoms with van der Waals surface area (Å²) < 4.78 is 52.1. The minimum Gasteiger partial charge on any atom is -0.454 e. The number of halogens is 3. The highest BCUT2D eigenvalue weighted by molar-refractivity contribution is 8.01. The van der Waals surface area contributed by atoms with E-state index in [4.69, 9.17) is 4.74 Å². The van der Waals surface area contributed by atoms with Gasteiger partial charge in [0.1, 0.15) is 0 Å². The van der Waals surface area contributed by atoms with E-state index in [1.807, 2.05) is 4.67 Å². The standard InChI is InChI=1S/C18H26F3N2O2P3/c1-16(18(19,20)21,13-7-3-2-4-8-13)15(24)25-17(11-22(26)12-17)14-9-5-6-10-23(14)28-27/h2-4,7-8,14,28H,5-6,9-12,26-27H2,1H3/t14-,16-/m1/s1. The average molecular weight is 452 g/mol. The van der Waals surface area contributed by atoms with Gasteiger partial charge in [0.25, 0.3) is 0 Å². The lowest BCUT2D eigenvalue weighted by Gasteiger charge is -2.56. The van der Waals surface area contributed by atoms with Crippen LogP contribution >= 0.6 is 26.7 Å². The lowest BCUT2D eigenvalue weighted by molar-refractivity contribution is -0.226. The zero-order valence-corrected chi connectivity index (χ0v) is 19.0. The third-order valence-electron chi connectivity index (χ3n) is 5.84. The fraction of sp³-hybridized carbons (Fsp3) is 0.611. The molecule has 1 aromatic rings. The zero-order valence-electron chi connectivity index (χ0n) is 15.7. The maximum atomic E-state index is 14.1. The van der Waals surface area contributed by atoms with Gasteiger partial charge in [0, 0.05) is 19.6 Å². The van der Waals surface area contributed by atoms with Crippen LogP contribution in [-0.2, 0) is 14.9 Å². The molecule has 28 heavy (non-hydrogen) atoms. The lowest BCUT2D eigenvalue weighted by Crippen LogP contribution is -2.71. The SMILES string of the molecule is C[C@](C(=O)OC1([C@H]2CCCCN2PP)CN(P)C1)(c1ccccc1)C(F)(F)F. The van der Waals surface area contributed by atoms with Gasteiger partial charge in [-0.3, -0.25) is 14.1 Å². The van der Waals surface area contributed by atoms with Crippen LogP contribution in [0.4, 0.5) is 13.2 Å². The van der Waals surface area contributed by atoms with E-state index in [-0.39, 0.29) is 11.6 Å². The summed E-state index contributed by atoms with van der Waals surface area (Å²) in [6.45, 7) is 2.63. The fourth-order valence-corrected chi connectivity index (χ4v) is 6.45. The molecule has 0 spiro atoms. The quantitative estimate of drug-likeness (QED) is 0.497. The Morgan fingerprint density at radius 2 is 1.89 bits per heavy atom. The molecule has 3 unspecified atom stereocenters. The van der Waals surface area contributed by atoms with Crippen LogP contribution < -0.4 is 0 Å². The first-order valence-corrected chi connectivity index (χ1v) is 12.5. The topological polar surface area (TPSA) is 32.8 Å². The molecule has 0 aromatic heterocycles. The van der Waals surface area contributed by atoms with Gasteiger partial charge in [-0.05, 0) is 33.7 Å². The van der Waals surface area contributed by atoms with Crippen molar-refractivity contribution >= 4 is 32.7 Å². The monoisotopic (exact) mass is 452 g/mol. The number of alkyl halides is 3. The molecular formula is C18H26F3N2O2P3. The van der Waals surface area contributed by atoms with E-state index in [0.717, 1.165) is 32.7 Å². The number of carbonyl (C=O) groups is 1. The van der Waals surface area contributed by atoms with Crippen molar-refractivity contribution in [2.75, 3.05) is 19.6 Å². The molecule has 0 amide bonds. The second kappa shape index (κ2) is 8.44. The Labute approximate surface area is 170 Å². The lowest BCUT2D eigenvalue weighted by atomic mass is 9.79. The molecule has 1 aromatic carbocycles. The van der Waals surface area contributed by atoms with E-state index in [9.17, 15) is 18.0 Å². The highest BCUT2D eigenvalue weighted by atomic mass is 32.0. The first-order chi connectivity index (χ1) is 13.1. The van der Waals surface area contributed by atoms with Gasteiger partial charge in [0.15, 0.2) is 11.0 Å². The highest BCUT2D eigenvalue weighted by Gasteiger charge is 2.62. The van der Waals surface area contributed by atoms with Crippen molar-refractivity contribution in [1.82, 2.24) is 9.34 Å². The molecule has 156 valence electrons.